The molecule has 4 rings (SSSR count). The second kappa shape index (κ2) is 12.4. The van der Waals surface area contributed by atoms with Crippen LogP contribution in [0, 0.1) is 0 Å². The van der Waals surface area contributed by atoms with Gasteiger partial charge >= 0.3 is 11.9 Å². The molecule has 0 fully saturated rings. The van der Waals surface area contributed by atoms with Gasteiger partial charge in [0.2, 0.25) is 5.79 Å². The van der Waals surface area contributed by atoms with Crippen molar-refractivity contribution >= 4 is 11.9 Å². The molecule has 0 aliphatic heterocycles. The average molecular weight is 527 g/mol. The van der Waals surface area contributed by atoms with E-state index in [1.807, 2.05) is 72.8 Å². The summed E-state index contributed by atoms with van der Waals surface area (Å²) in [5.41, 5.74) is 4.23. The average Bonchev–Trinajstić information content (AvgIpc) is 2.91. The first kappa shape index (κ1) is 27.6. The highest BCUT2D eigenvalue weighted by molar-refractivity contribution is 6.02. The number of ether oxygens (including phenoxy) is 2. The van der Waals surface area contributed by atoms with Gasteiger partial charge in [0.1, 0.15) is 12.4 Å². The molecule has 0 heterocycles. The third kappa shape index (κ3) is 7.54. The quantitative estimate of drug-likeness (QED) is 0.0992. The van der Waals surface area contributed by atoms with Crippen molar-refractivity contribution in [3.05, 3.63) is 136 Å². The number of benzene rings is 4. The molecular weight excluding hydrogens is 496 g/mol. The molecule has 0 saturated carbocycles. The van der Waals surface area contributed by atoms with Crippen molar-refractivity contribution < 1.29 is 34.3 Å². The number of carbonyl (C=O) groups is 2. The zero-order chi connectivity index (χ0) is 27.8. The van der Waals surface area contributed by atoms with Crippen LogP contribution in [-0.4, -0.2) is 28.1 Å². The molecule has 0 spiro atoms. The summed E-state index contributed by atoms with van der Waals surface area (Å²) in [5.74, 6) is -3.16. The van der Waals surface area contributed by atoms with Crippen LogP contribution in [0.5, 0.6) is 5.75 Å². The molecule has 200 valence electrons. The predicted octanol–water partition coefficient (Wildman–Crippen LogP) is 6.53. The summed E-state index contributed by atoms with van der Waals surface area (Å²) in [7, 11) is 0. The molecule has 0 aromatic heterocycles. The van der Waals surface area contributed by atoms with Crippen molar-refractivity contribution in [1.82, 2.24) is 0 Å². The molecule has 0 bridgehead atoms. The molecule has 4 aromatic rings. The minimum absolute atomic E-state index is 0.0758. The van der Waals surface area contributed by atoms with E-state index in [-0.39, 0.29) is 17.7 Å². The molecule has 0 aliphatic carbocycles. The lowest BCUT2D eigenvalue weighted by Gasteiger charge is -2.28. The van der Waals surface area contributed by atoms with Gasteiger partial charge in [0.25, 0.3) is 0 Å². The molecule has 0 radical (unpaired) electrons. The lowest BCUT2D eigenvalue weighted by molar-refractivity contribution is -0.253. The van der Waals surface area contributed by atoms with Gasteiger partial charge in [-0.3, -0.25) is 5.26 Å². The highest BCUT2D eigenvalue weighted by Gasteiger charge is 2.29. The largest absolute Gasteiger partial charge is 0.478 e. The van der Waals surface area contributed by atoms with E-state index in [2.05, 4.69) is 4.89 Å². The number of carbonyl (C=O) groups excluding carboxylic acids is 1. The Morgan fingerprint density at radius 1 is 0.718 bits per heavy atom. The molecule has 39 heavy (non-hydrogen) atoms. The maximum absolute atomic E-state index is 13.1. The van der Waals surface area contributed by atoms with Crippen molar-refractivity contribution in [2.45, 2.75) is 39.1 Å². The Kier molecular flexibility index (Phi) is 8.76. The van der Waals surface area contributed by atoms with E-state index in [0.717, 1.165) is 22.3 Å². The smallest absolute Gasteiger partial charge is 0.342 e. The fourth-order valence-electron chi connectivity index (χ4n) is 4.31. The van der Waals surface area contributed by atoms with E-state index in [9.17, 15) is 14.7 Å². The Bertz CT molecular complexity index is 1430. The summed E-state index contributed by atoms with van der Waals surface area (Å²) in [6, 6.07) is 29.7. The van der Waals surface area contributed by atoms with Gasteiger partial charge in [-0.15, -0.1) is 0 Å². The van der Waals surface area contributed by atoms with Gasteiger partial charge in [0.15, 0.2) is 0 Å². The Hall–Kier alpha value is -4.46. The topological polar surface area (TPSA) is 102 Å². The summed E-state index contributed by atoms with van der Waals surface area (Å²) < 4.78 is 11.6. The van der Waals surface area contributed by atoms with E-state index in [1.54, 1.807) is 26.0 Å². The molecule has 7 heteroatoms. The number of aromatic carboxylic acids is 1. The first-order valence-electron chi connectivity index (χ1n) is 12.5. The van der Waals surface area contributed by atoms with Gasteiger partial charge in [-0.05, 0) is 59.4 Å². The van der Waals surface area contributed by atoms with Crippen molar-refractivity contribution in [1.29, 1.82) is 0 Å². The summed E-state index contributed by atoms with van der Waals surface area (Å²) in [6.45, 7) is 2.97. The molecule has 7 nitrogen and oxygen atoms in total. The molecule has 4 aromatic carbocycles. The monoisotopic (exact) mass is 526 g/mol. The van der Waals surface area contributed by atoms with Crippen molar-refractivity contribution in [2.24, 2.45) is 0 Å². The summed E-state index contributed by atoms with van der Waals surface area (Å²) in [4.78, 5) is 29.5. The van der Waals surface area contributed by atoms with Gasteiger partial charge in [0.05, 0.1) is 11.1 Å². The van der Waals surface area contributed by atoms with E-state index in [0.29, 0.717) is 24.2 Å². The minimum atomic E-state index is -1.46. The van der Waals surface area contributed by atoms with Crippen molar-refractivity contribution in [3.63, 3.8) is 0 Å². The van der Waals surface area contributed by atoms with E-state index in [1.165, 1.54) is 12.1 Å². The number of carboxylic acids is 1. The predicted molar refractivity (Wildman–Crippen MR) is 146 cm³/mol. The number of carboxylic acid groups (broad SMARTS) is 1. The maximum Gasteiger partial charge on any atom is 0.342 e. The third-order valence-corrected chi connectivity index (χ3v) is 6.08. The highest BCUT2D eigenvalue weighted by Crippen LogP contribution is 2.28. The third-order valence-electron chi connectivity index (χ3n) is 6.08. The summed E-state index contributed by atoms with van der Waals surface area (Å²) >= 11 is 0. The van der Waals surface area contributed by atoms with Crippen LogP contribution in [0.15, 0.2) is 97.1 Å². The fourth-order valence-corrected chi connectivity index (χ4v) is 4.31. The molecule has 0 saturated heterocycles. The van der Waals surface area contributed by atoms with Crippen LogP contribution in [-0.2, 0) is 29.1 Å². The van der Waals surface area contributed by atoms with E-state index in [4.69, 9.17) is 14.7 Å². The summed E-state index contributed by atoms with van der Waals surface area (Å²) in [5, 5.41) is 18.9. The molecule has 0 unspecified atom stereocenters. The molecule has 2 N–H and O–H groups in total. The zero-order valence-electron chi connectivity index (χ0n) is 21.8. The highest BCUT2D eigenvalue weighted by atomic mass is 17.1. The molecule has 0 atom stereocenters. The summed E-state index contributed by atoms with van der Waals surface area (Å²) in [6.07, 6.45) is 1.21. The zero-order valence-corrected chi connectivity index (χ0v) is 21.8. The van der Waals surface area contributed by atoms with Crippen molar-refractivity contribution in [3.8, 4) is 5.75 Å². The Balaban J connectivity index is 1.50. The van der Waals surface area contributed by atoms with Crippen LogP contribution in [0.25, 0.3) is 0 Å². The normalized spacial score (nSPS) is 11.2. The fraction of sp³-hybridized carbons (Fsp3) is 0.188. The molecule has 0 aliphatic rings. The van der Waals surface area contributed by atoms with E-state index < -0.39 is 17.7 Å². The Morgan fingerprint density at radius 2 is 1.28 bits per heavy atom. The van der Waals surface area contributed by atoms with Crippen LogP contribution in [0.1, 0.15) is 62.4 Å². The first-order chi connectivity index (χ1) is 18.7. The van der Waals surface area contributed by atoms with Crippen LogP contribution in [0.4, 0.5) is 0 Å². The first-order valence-corrected chi connectivity index (χ1v) is 12.5. The van der Waals surface area contributed by atoms with E-state index >= 15 is 0 Å². The van der Waals surface area contributed by atoms with Crippen LogP contribution >= 0.6 is 0 Å². The standard InChI is InChI=1S/C32H30O7/c1-32(2,38-29-16-14-24(19-26(29)21-37-36)17-22-9-5-3-6-10-22)39-31(35)27-15-13-25(20-28(27)30(33)34)18-23-11-7-4-8-12-23/h3-16,19-20,36H,17-18,21H2,1-2H3,(H,33,34). The number of esters is 1. The number of hydrogen-bond donors (Lipinski definition) is 2. The van der Waals surface area contributed by atoms with Gasteiger partial charge in [-0.2, -0.15) is 0 Å². The number of hydrogen-bond acceptors (Lipinski definition) is 6. The van der Waals surface area contributed by atoms with Gasteiger partial charge in [-0.1, -0.05) is 72.8 Å². The Labute approximate surface area is 227 Å². The SMILES string of the molecule is CC(C)(OC(=O)c1ccc(Cc2ccccc2)cc1C(=O)O)Oc1ccc(Cc2ccccc2)cc1COO. The maximum atomic E-state index is 13.1. The Morgan fingerprint density at radius 3 is 1.85 bits per heavy atom. The van der Waals surface area contributed by atoms with Crippen LogP contribution in [0.3, 0.4) is 0 Å². The second-order valence-electron chi connectivity index (χ2n) is 9.62. The minimum Gasteiger partial charge on any atom is -0.478 e. The van der Waals surface area contributed by atoms with Crippen LogP contribution < -0.4 is 4.74 Å². The molecular formula is C32H30O7. The van der Waals surface area contributed by atoms with Gasteiger partial charge in [0, 0.05) is 19.4 Å². The van der Waals surface area contributed by atoms with Crippen molar-refractivity contribution in [2.75, 3.05) is 0 Å². The van der Waals surface area contributed by atoms with Gasteiger partial charge < -0.3 is 14.6 Å². The molecule has 0 amide bonds. The van der Waals surface area contributed by atoms with Crippen LogP contribution in [0.2, 0.25) is 0 Å². The van der Waals surface area contributed by atoms with Gasteiger partial charge in [-0.25, -0.2) is 14.5 Å². The lowest BCUT2D eigenvalue weighted by atomic mass is 9.99. The lowest BCUT2D eigenvalue weighted by Crippen LogP contribution is -2.35. The second-order valence-corrected chi connectivity index (χ2v) is 9.62. The number of rotatable bonds is 11.